The van der Waals surface area contributed by atoms with Gasteiger partial charge in [0.15, 0.2) is 0 Å². The van der Waals surface area contributed by atoms with Crippen molar-refractivity contribution in [2.75, 3.05) is 13.2 Å². The third-order valence-electron chi connectivity index (χ3n) is 6.60. The molecule has 1 saturated heterocycles. The van der Waals surface area contributed by atoms with E-state index >= 15 is 0 Å². The van der Waals surface area contributed by atoms with Crippen molar-refractivity contribution in [2.45, 2.75) is 109 Å². The summed E-state index contributed by atoms with van der Waals surface area (Å²) in [6.07, 6.45) is 3.35. The third-order valence-corrected chi connectivity index (χ3v) is 8.76. The molecule has 0 amide bonds. The molecule has 1 aromatic rings. The number of aromatic nitrogens is 2. The fraction of sp³-hybridized carbons (Fsp3) is 0.731. The van der Waals surface area contributed by atoms with Crippen molar-refractivity contribution in [2.24, 2.45) is 0 Å². The van der Waals surface area contributed by atoms with Crippen molar-refractivity contribution in [1.29, 1.82) is 5.26 Å². The minimum absolute atomic E-state index is 0.0407. The number of carbonyl (C=O) groups excluding carboxylic acids is 2. The molecule has 0 bridgehead atoms. The van der Waals surface area contributed by atoms with Crippen molar-refractivity contribution >= 4 is 20.5 Å². The lowest BCUT2D eigenvalue weighted by molar-refractivity contribution is -0.174. The molecule has 0 radical (unpaired) electrons. The molecular weight excluding hydrogens is 543 g/mol. The zero-order valence-corrected chi connectivity index (χ0v) is 24.3. The molecule has 1 aliphatic heterocycles. The Labute approximate surface area is 234 Å². The summed E-state index contributed by atoms with van der Waals surface area (Å²) >= 11 is 0. The molecule has 3 rings (SSSR count). The Hall–Kier alpha value is -2.62. The molecule has 13 nitrogen and oxygen atoms in total. The van der Waals surface area contributed by atoms with E-state index in [1.165, 1.54) is 16.8 Å². The Balaban J connectivity index is 1.76. The number of nitrogens with one attached hydrogen (secondary N) is 1. The number of nitrogens with zero attached hydrogens (tertiary/aromatic N) is 3. The van der Waals surface area contributed by atoms with Gasteiger partial charge in [0.05, 0.1) is 25.2 Å². The monoisotopic (exact) mass is 582 g/mol. The predicted octanol–water partition coefficient (Wildman–Crippen LogP) is 2.90. The molecule has 4 atom stereocenters. The van der Waals surface area contributed by atoms with Gasteiger partial charge in [0.25, 0.3) is 14.1 Å². The minimum Gasteiger partial charge on any atom is -0.454 e. The molecule has 222 valence electrons. The van der Waals surface area contributed by atoms with Gasteiger partial charge in [-0.15, -0.1) is 0 Å². The fourth-order valence-corrected chi connectivity index (χ4v) is 6.55. The highest BCUT2D eigenvalue weighted by molar-refractivity contribution is 7.44. The summed E-state index contributed by atoms with van der Waals surface area (Å²) in [7, 11) is -1.68. The number of carbonyl (C=O) groups is 2. The summed E-state index contributed by atoms with van der Waals surface area (Å²) in [6.45, 7) is 7.81. The van der Waals surface area contributed by atoms with E-state index in [0.29, 0.717) is 12.8 Å². The van der Waals surface area contributed by atoms with E-state index in [1.807, 2.05) is 32.4 Å². The Morgan fingerprint density at radius 3 is 2.50 bits per heavy atom. The first-order chi connectivity index (χ1) is 19.1. The number of H-pyrrole nitrogens is 1. The lowest BCUT2D eigenvalue weighted by atomic mass is 9.98. The van der Waals surface area contributed by atoms with Gasteiger partial charge in [-0.25, -0.2) is 19.1 Å². The first-order valence-electron chi connectivity index (χ1n) is 13.7. The van der Waals surface area contributed by atoms with E-state index in [9.17, 15) is 19.2 Å². The number of hydrogen-bond acceptors (Lipinski definition) is 11. The van der Waals surface area contributed by atoms with Gasteiger partial charge in [0, 0.05) is 30.8 Å². The van der Waals surface area contributed by atoms with Crippen LogP contribution in [0.15, 0.2) is 21.9 Å². The maximum atomic E-state index is 12.5. The van der Waals surface area contributed by atoms with Crippen LogP contribution in [-0.2, 0) is 32.8 Å². The normalized spacial score (nSPS) is 22.4. The lowest BCUT2D eigenvalue weighted by Gasteiger charge is -2.37. The van der Waals surface area contributed by atoms with Gasteiger partial charge >= 0.3 is 17.6 Å². The highest BCUT2D eigenvalue weighted by Gasteiger charge is 2.42. The quantitative estimate of drug-likeness (QED) is 0.167. The van der Waals surface area contributed by atoms with Crippen molar-refractivity contribution in [1.82, 2.24) is 14.2 Å². The van der Waals surface area contributed by atoms with E-state index < -0.39 is 50.1 Å². The molecule has 1 unspecified atom stereocenters. The number of hydrogen-bond donors (Lipinski definition) is 1. The average molecular weight is 583 g/mol. The zero-order valence-electron chi connectivity index (χ0n) is 23.4. The van der Waals surface area contributed by atoms with Crippen molar-refractivity contribution in [3.63, 3.8) is 0 Å². The van der Waals surface area contributed by atoms with E-state index in [-0.39, 0.29) is 44.2 Å². The summed E-state index contributed by atoms with van der Waals surface area (Å²) in [5.74, 6) is -2.18. The molecule has 1 aromatic heterocycles. The second-order valence-corrected chi connectivity index (χ2v) is 11.7. The molecule has 0 spiro atoms. The Bertz CT molecular complexity index is 1130. The van der Waals surface area contributed by atoms with Gasteiger partial charge in [0.1, 0.15) is 25.0 Å². The van der Waals surface area contributed by atoms with Crippen LogP contribution >= 0.6 is 8.53 Å². The van der Waals surface area contributed by atoms with Gasteiger partial charge in [-0.1, -0.05) is 6.42 Å². The zero-order chi connectivity index (χ0) is 29.2. The van der Waals surface area contributed by atoms with Crippen LogP contribution in [0.1, 0.15) is 78.9 Å². The fourth-order valence-electron chi connectivity index (χ4n) is 4.80. The molecule has 40 heavy (non-hydrogen) atoms. The Morgan fingerprint density at radius 1 is 1.18 bits per heavy atom. The van der Waals surface area contributed by atoms with Crippen LogP contribution in [0.25, 0.3) is 0 Å². The highest BCUT2D eigenvalue weighted by atomic mass is 31.2. The topological polar surface area (TPSA) is 162 Å². The number of rotatable bonds is 12. The molecule has 14 heteroatoms. The maximum absolute atomic E-state index is 12.5. The molecule has 1 N–H and O–H groups in total. The number of esters is 2. The van der Waals surface area contributed by atoms with Gasteiger partial charge in [0.2, 0.25) is 0 Å². The lowest BCUT2D eigenvalue weighted by Crippen LogP contribution is -2.37. The number of nitriles is 1. The maximum Gasteiger partial charge on any atom is 0.417 e. The molecule has 1 saturated carbocycles. The largest absolute Gasteiger partial charge is 0.454 e. The standard InChI is InChI=1S/C26H39N4O9P/c1-17(2)30(18(3)4)40(36-14-8-12-27)39-20-15-23(29-13-11-22(31)28-26(29)34)38-21(20)16-35-24(32)25(33)37-19-9-6-5-7-10-19/h11,13,17-21,23H,5-10,14-16H2,1-4H3,(H,28,31,34)/t20-,21+,23+,40?/m0/s1. The second-order valence-electron chi connectivity index (χ2n) is 10.3. The summed E-state index contributed by atoms with van der Waals surface area (Å²) in [5, 5.41) is 9.00. The molecular formula is C26H39N4O9P. The summed E-state index contributed by atoms with van der Waals surface area (Å²) in [4.78, 5) is 51.0. The van der Waals surface area contributed by atoms with E-state index in [4.69, 9.17) is 28.5 Å². The molecule has 2 heterocycles. The average Bonchev–Trinajstić information content (AvgIpc) is 3.29. The summed E-state index contributed by atoms with van der Waals surface area (Å²) in [6, 6.07) is 3.34. The Morgan fingerprint density at radius 2 is 1.88 bits per heavy atom. The van der Waals surface area contributed by atoms with E-state index in [1.54, 1.807) is 0 Å². The molecule has 2 fully saturated rings. The molecule has 0 aromatic carbocycles. The van der Waals surface area contributed by atoms with Gasteiger partial charge in [-0.2, -0.15) is 5.26 Å². The molecule has 2 aliphatic rings. The Kier molecular flexibility index (Phi) is 12.3. The first kappa shape index (κ1) is 31.9. The van der Waals surface area contributed by atoms with Crippen LogP contribution in [0, 0.1) is 11.3 Å². The van der Waals surface area contributed by atoms with Crippen LogP contribution < -0.4 is 11.2 Å². The van der Waals surface area contributed by atoms with Gasteiger partial charge < -0.3 is 23.3 Å². The van der Waals surface area contributed by atoms with E-state index in [2.05, 4.69) is 11.1 Å². The predicted molar refractivity (Wildman–Crippen MR) is 144 cm³/mol. The van der Waals surface area contributed by atoms with Crippen LogP contribution in [0.4, 0.5) is 0 Å². The van der Waals surface area contributed by atoms with Crippen LogP contribution in [-0.4, -0.2) is 69.8 Å². The number of aromatic amines is 1. The second kappa shape index (κ2) is 15.4. The van der Waals surface area contributed by atoms with Gasteiger partial charge in [-0.05, 0) is 53.4 Å². The highest BCUT2D eigenvalue weighted by Crippen LogP contribution is 2.49. The summed E-state index contributed by atoms with van der Waals surface area (Å²) in [5.41, 5.74) is -1.21. The first-order valence-corrected chi connectivity index (χ1v) is 14.8. The smallest absolute Gasteiger partial charge is 0.417 e. The van der Waals surface area contributed by atoms with Crippen molar-refractivity contribution < 1.29 is 32.8 Å². The van der Waals surface area contributed by atoms with Crippen molar-refractivity contribution in [3.05, 3.63) is 33.1 Å². The minimum atomic E-state index is -1.68. The SMILES string of the molecule is CC(C)N(C(C)C)P(OCCC#N)O[C@H]1C[C@H](n2ccc(=O)[nH]c2=O)O[C@@H]1COC(=O)C(=O)OC1CCCCC1. The van der Waals surface area contributed by atoms with Gasteiger partial charge in [-0.3, -0.25) is 14.3 Å². The third kappa shape index (κ3) is 8.94. The van der Waals surface area contributed by atoms with Crippen LogP contribution in [0.2, 0.25) is 0 Å². The molecule has 1 aliphatic carbocycles. The van der Waals surface area contributed by atoms with Crippen LogP contribution in [0.5, 0.6) is 0 Å². The van der Waals surface area contributed by atoms with Crippen LogP contribution in [0.3, 0.4) is 0 Å². The van der Waals surface area contributed by atoms with Crippen molar-refractivity contribution in [3.8, 4) is 6.07 Å². The summed E-state index contributed by atoms with van der Waals surface area (Å²) < 4.78 is 32.3. The number of ether oxygens (including phenoxy) is 3. The van der Waals surface area contributed by atoms with E-state index in [0.717, 1.165) is 19.3 Å².